The smallest absolute Gasteiger partial charge is 0.219 e. The summed E-state index contributed by atoms with van der Waals surface area (Å²) >= 11 is 0. The highest BCUT2D eigenvalue weighted by atomic mass is 19.1. The molecule has 0 bridgehead atoms. The summed E-state index contributed by atoms with van der Waals surface area (Å²) in [4.78, 5) is 3.81. The first-order valence-electron chi connectivity index (χ1n) is 6.03. The minimum atomic E-state index is -0.430. The summed E-state index contributed by atoms with van der Waals surface area (Å²) in [5.41, 5.74) is 2.23. The van der Waals surface area contributed by atoms with E-state index in [-0.39, 0.29) is 0 Å². The van der Waals surface area contributed by atoms with Gasteiger partial charge in [-0.1, -0.05) is 37.3 Å². The highest BCUT2D eigenvalue weighted by molar-refractivity contribution is 5.34. The number of benzene rings is 1. The number of nitrogens with zero attached hydrogens (tertiary/aromatic N) is 1. The zero-order chi connectivity index (χ0) is 13.0. The van der Waals surface area contributed by atoms with E-state index in [1.165, 1.54) is 0 Å². The molecule has 0 N–H and O–H groups in total. The number of halogens is 1. The lowest BCUT2D eigenvalue weighted by Crippen LogP contribution is -2.03. The molecule has 94 valence electrons. The molecule has 0 saturated carbocycles. The maximum atomic E-state index is 13.6. The predicted octanol–water partition coefficient (Wildman–Crippen LogP) is 3.67. The molecular formula is C15H16FNO. The monoisotopic (exact) mass is 245 g/mol. The summed E-state index contributed by atoms with van der Waals surface area (Å²) in [6, 6.07) is 11.6. The van der Waals surface area contributed by atoms with Gasteiger partial charge in [0.2, 0.25) is 5.95 Å². The Morgan fingerprint density at radius 2 is 1.94 bits per heavy atom. The van der Waals surface area contributed by atoms with Gasteiger partial charge >= 0.3 is 0 Å². The molecule has 18 heavy (non-hydrogen) atoms. The summed E-state index contributed by atoms with van der Waals surface area (Å²) < 4.78 is 19.3. The second kappa shape index (κ2) is 5.63. The lowest BCUT2D eigenvalue weighted by Gasteiger charge is -2.11. The SMILES string of the molecule is CCc1c(OCc2ccccc2)cc(C)nc1F. The summed E-state index contributed by atoms with van der Waals surface area (Å²) in [6.07, 6.45) is 0.573. The molecule has 0 spiro atoms. The fourth-order valence-electron chi connectivity index (χ4n) is 1.82. The van der Waals surface area contributed by atoms with Crippen LogP contribution < -0.4 is 4.74 Å². The molecule has 0 aliphatic rings. The van der Waals surface area contributed by atoms with Crippen molar-refractivity contribution in [3.8, 4) is 5.75 Å². The molecule has 2 nitrogen and oxygen atoms in total. The molecule has 0 saturated heterocycles. The predicted molar refractivity (Wildman–Crippen MR) is 69.1 cm³/mol. The van der Waals surface area contributed by atoms with E-state index in [1.54, 1.807) is 13.0 Å². The molecule has 1 heterocycles. The van der Waals surface area contributed by atoms with Gasteiger partial charge in [-0.15, -0.1) is 0 Å². The Morgan fingerprint density at radius 3 is 2.61 bits per heavy atom. The summed E-state index contributed by atoms with van der Waals surface area (Å²) in [5, 5.41) is 0. The molecule has 0 amide bonds. The maximum absolute atomic E-state index is 13.6. The van der Waals surface area contributed by atoms with Crippen LogP contribution in [0.25, 0.3) is 0 Å². The van der Waals surface area contributed by atoms with Crippen molar-refractivity contribution in [2.24, 2.45) is 0 Å². The van der Waals surface area contributed by atoms with E-state index in [0.29, 0.717) is 30.0 Å². The number of aryl methyl sites for hydroxylation is 1. The molecule has 1 aromatic carbocycles. The molecule has 0 fully saturated rings. The minimum absolute atomic E-state index is 0.430. The van der Waals surface area contributed by atoms with Crippen molar-refractivity contribution in [1.82, 2.24) is 4.98 Å². The van der Waals surface area contributed by atoms with Crippen LogP contribution in [0.2, 0.25) is 0 Å². The average molecular weight is 245 g/mol. The number of rotatable bonds is 4. The first kappa shape index (κ1) is 12.6. The number of hydrogen-bond donors (Lipinski definition) is 0. The summed E-state index contributed by atoms with van der Waals surface area (Å²) in [7, 11) is 0. The number of hydrogen-bond acceptors (Lipinski definition) is 2. The number of pyridine rings is 1. The van der Waals surface area contributed by atoms with Gasteiger partial charge in [-0.05, 0) is 18.9 Å². The van der Waals surface area contributed by atoms with Crippen molar-refractivity contribution in [3.63, 3.8) is 0 Å². The maximum Gasteiger partial charge on any atom is 0.219 e. The topological polar surface area (TPSA) is 22.1 Å². The Labute approximate surface area is 106 Å². The van der Waals surface area contributed by atoms with Crippen LogP contribution in [0, 0.1) is 12.9 Å². The molecule has 0 unspecified atom stereocenters. The van der Waals surface area contributed by atoms with Crippen molar-refractivity contribution in [2.45, 2.75) is 26.9 Å². The van der Waals surface area contributed by atoms with Gasteiger partial charge in [-0.25, -0.2) is 4.98 Å². The number of ether oxygens (including phenoxy) is 1. The fraction of sp³-hybridized carbons (Fsp3) is 0.267. The van der Waals surface area contributed by atoms with E-state index < -0.39 is 5.95 Å². The van der Waals surface area contributed by atoms with Crippen molar-refractivity contribution in [3.05, 3.63) is 59.2 Å². The van der Waals surface area contributed by atoms with Crippen molar-refractivity contribution >= 4 is 0 Å². The van der Waals surface area contributed by atoms with Crippen LogP contribution in [-0.2, 0) is 13.0 Å². The molecule has 2 rings (SSSR count). The van der Waals surface area contributed by atoms with Crippen LogP contribution in [0.5, 0.6) is 5.75 Å². The Hall–Kier alpha value is -1.90. The molecular weight excluding hydrogens is 229 g/mol. The normalized spacial score (nSPS) is 10.4. The minimum Gasteiger partial charge on any atom is -0.488 e. The molecule has 3 heteroatoms. The average Bonchev–Trinajstić information content (AvgIpc) is 2.37. The Balaban J connectivity index is 2.18. The van der Waals surface area contributed by atoms with Gasteiger partial charge < -0.3 is 4.74 Å². The van der Waals surface area contributed by atoms with Crippen molar-refractivity contribution in [1.29, 1.82) is 0 Å². The van der Waals surface area contributed by atoms with Gasteiger partial charge in [-0.3, -0.25) is 0 Å². The van der Waals surface area contributed by atoms with E-state index >= 15 is 0 Å². The van der Waals surface area contributed by atoms with Crippen LogP contribution in [0.15, 0.2) is 36.4 Å². The van der Waals surface area contributed by atoms with Gasteiger partial charge in [0.25, 0.3) is 0 Å². The van der Waals surface area contributed by atoms with Gasteiger partial charge in [0.1, 0.15) is 12.4 Å². The highest BCUT2D eigenvalue weighted by Gasteiger charge is 2.10. The molecule has 0 aliphatic carbocycles. The van der Waals surface area contributed by atoms with Crippen LogP contribution in [0.1, 0.15) is 23.7 Å². The zero-order valence-electron chi connectivity index (χ0n) is 10.6. The van der Waals surface area contributed by atoms with Crippen LogP contribution in [-0.4, -0.2) is 4.98 Å². The van der Waals surface area contributed by atoms with Crippen molar-refractivity contribution in [2.75, 3.05) is 0 Å². The Bertz CT molecular complexity index is 526. The van der Waals surface area contributed by atoms with Crippen LogP contribution in [0.4, 0.5) is 4.39 Å². The van der Waals surface area contributed by atoms with Gasteiger partial charge in [0, 0.05) is 17.3 Å². The third-order valence-electron chi connectivity index (χ3n) is 2.75. The van der Waals surface area contributed by atoms with E-state index in [2.05, 4.69) is 4.98 Å². The fourth-order valence-corrected chi connectivity index (χ4v) is 1.82. The summed E-state index contributed by atoms with van der Waals surface area (Å²) in [6.45, 7) is 4.10. The van der Waals surface area contributed by atoms with Crippen LogP contribution in [0.3, 0.4) is 0 Å². The molecule has 2 aromatic rings. The second-order valence-corrected chi connectivity index (χ2v) is 4.16. The van der Waals surface area contributed by atoms with E-state index in [1.807, 2.05) is 37.3 Å². The third-order valence-corrected chi connectivity index (χ3v) is 2.75. The molecule has 0 aliphatic heterocycles. The first-order chi connectivity index (χ1) is 8.70. The summed E-state index contributed by atoms with van der Waals surface area (Å²) in [5.74, 6) is 0.159. The first-order valence-corrected chi connectivity index (χ1v) is 6.03. The quantitative estimate of drug-likeness (QED) is 0.767. The lowest BCUT2D eigenvalue weighted by atomic mass is 10.2. The van der Waals surface area contributed by atoms with Gasteiger partial charge in [0.15, 0.2) is 0 Å². The zero-order valence-corrected chi connectivity index (χ0v) is 10.6. The van der Waals surface area contributed by atoms with E-state index in [0.717, 1.165) is 5.56 Å². The standard InChI is InChI=1S/C15H16FNO/c1-3-13-14(9-11(2)17-15(13)16)18-10-12-7-5-4-6-8-12/h4-9H,3,10H2,1-2H3. The lowest BCUT2D eigenvalue weighted by molar-refractivity contribution is 0.299. The second-order valence-electron chi connectivity index (χ2n) is 4.16. The largest absolute Gasteiger partial charge is 0.488 e. The third kappa shape index (κ3) is 2.86. The molecule has 1 aromatic heterocycles. The van der Waals surface area contributed by atoms with E-state index in [9.17, 15) is 4.39 Å². The van der Waals surface area contributed by atoms with E-state index in [4.69, 9.17) is 4.74 Å². The Morgan fingerprint density at radius 1 is 1.22 bits per heavy atom. The van der Waals surface area contributed by atoms with Gasteiger partial charge in [-0.2, -0.15) is 4.39 Å². The molecule has 0 atom stereocenters. The number of aromatic nitrogens is 1. The van der Waals surface area contributed by atoms with Crippen LogP contribution >= 0.6 is 0 Å². The van der Waals surface area contributed by atoms with Crippen molar-refractivity contribution < 1.29 is 9.13 Å². The van der Waals surface area contributed by atoms with Gasteiger partial charge in [0.05, 0.1) is 0 Å². The highest BCUT2D eigenvalue weighted by Crippen LogP contribution is 2.23. The Kier molecular flexibility index (Phi) is 3.92. The molecule has 0 radical (unpaired) electrons.